The molecule has 0 aromatic carbocycles. The lowest BCUT2D eigenvalue weighted by molar-refractivity contribution is -0.392. The number of nitrogens with one attached hydrogen (secondary N) is 2. The Morgan fingerprint density at radius 1 is 1.50 bits per heavy atom. The number of hydrogen-bond acceptors (Lipinski definition) is 6. The molecular weight excluding hydrogens is 385 g/mol. The monoisotopic (exact) mass is 401 g/mol. The van der Waals surface area contributed by atoms with Crippen LogP contribution in [0.1, 0.15) is 19.7 Å². The molecule has 0 saturated carbocycles. The average Bonchev–Trinajstić information content (AvgIpc) is 2.78. The Morgan fingerprint density at radius 2 is 2.12 bits per heavy atom. The van der Waals surface area contributed by atoms with Gasteiger partial charge in [-0.05, 0) is 18.8 Å². The van der Waals surface area contributed by atoms with Gasteiger partial charge < -0.3 is 20.2 Å². The molecule has 0 aliphatic rings. The second-order valence-corrected chi connectivity index (χ2v) is 7.52. The van der Waals surface area contributed by atoms with E-state index in [0.29, 0.717) is 5.82 Å². The largest absolute Gasteiger partial charge is 0.445 e. The number of carbonyl (C=O) groups excluding carboxylic acids is 1. The van der Waals surface area contributed by atoms with Gasteiger partial charge in [-0.2, -0.15) is 0 Å². The summed E-state index contributed by atoms with van der Waals surface area (Å²) in [4.78, 5) is 26.0. The van der Waals surface area contributed by atoms with E-state index in [1.807, 2.05) is 13.8 Å². The van der Waals surface area contributed by atoms with Crippen molar-refractivity contribution in [1.82, 2.24) is 20.2 Å². The molecule has 0 aliphatic carbocycles. The summed E-state index contributed by atoms with van der Waals surface area (Å²) in [5.74, 6) is 0.253. The first kappa shape index (κ1) is 20.8. The zero-order valence-electron chi connectivity index (χ0n) is 13.3. The number of nitrogens with zero attached hydrogens (tertiary/aromatic N) is 3. The smallest absolute Gasteiger partial charge is 0.408 e. The fraction of sp³-hybridized carbons (Fsp3) is 0.667. The molecule has 136 valence electrons. The van der Waals surface area contributed by atoms with E-state index in [1.165, 1.54) is 4.57 Å². The Bertz CT molecular complexity index is 588. The fourth-order valence-electron chi connectivity index (χ4n) is 1.82. The molecule has 0 aliphatic heterocycles. The number of amides is 1. The minimum atomic E-state index is -1.77. The van der Waals surface area contributed by atoms with Gasteiger partial charge in [-0.15, -0.1) is 0 Å². The van der Waals surface area contributed by atoms with E-state index in [9.17, 15) is 14.9 Å². The number of alkyl carbamates (subject to hydrolysis) is 1. The minimum Gasteiger partial charge on any atom is -0.445 e. The lowest BCUT2D eigenvalue weighted by Crippen LogP contribution is -2.55. The number of alkyl halides is 3. The van der Waals surface area contributed by atoms with Gasteiger partial charge in [0, 0.05) is 13.0 Å². The Hall–Kier alpha value is -1.29. The first-order chi connectivity index (χ1) is 11.0. The molecule has 0 bridgehead atoms. The van der Waals surface area contributed by atoms with E-state index in [0.717, 1.165) is 6.20 Å². The van der Waals surface area contributed by atoms with Gasteiger partial charge in [-0.25, -0.2) is 14.3 Å². The van der Waals surface area contributed by atoms with Crippen molar-refractivity contribution in [3.8, 4) is 0 Å². The summed E-state index contributed by atoms with van der Waals surface area (Å²) in [6.07, 6.45) is -0.639. The maximum atomic E-state index is 11.8. The molecule has 0 radical (unpaired) electrons. The third kappa shape index (κ3) is 6.31. The zero-order valence-corrected chi connectivity index (χ0v) is 15.5. The van der Waals surface area contributed by atoms with Gasteiger partial charge in [0.1, 0.15) is 25.5 Å². The molecule has 1 rings (SSSR count). The first-order valence-electron chi connectivity index (χ1n) is 6.95. The number of ether oxygens (including phenoxy) is 1. The Balaban J connectivity index is 2.57. The van der Waals surface area contributed by atoms with Crippen LogP contribution in [0, 0.1) is 17.0 Å². The number of nitro groups is 1. The molecule has 1 amide bonds. The summed E-state index contributed by atoms with van der Waals surface area (Å²) in [5.41, 5.74) is 0. The van der Waals surface area contributed by atoms with Gasteiger partial charge in [-0.1, -0.05) is 34.8 Å². The highest BCUT2D eigenvalue weighted by Crippen LogP contribution is 2.29. The maximum absolute atomic E-state index is 11.8. The highest BCUT2D eigenvalue weighted by atomic mass is 35.6. The summed E-state index contributed by atoms with van der Waals surface area (Å²) >= 11 is 17.4. The molecule has 0 saturated heterocycles. The predicted octanol–water partition coefficient (Wildman–Crippen LogP) is 2.52. The summed E-state index contributed by atoms with van der Waals surface area (Å²) in [5, 5.41) is 16.1. The van der Waals surface area contributed by atoms with Crippen molar-refractivity contribution in [3.63, 3.8) is 0 Å². The van der Waals surface area contributed by atoms with Crippen molar-refractivity contribution in [3.05, 3.63) is 22.1 Å². The third-order valence-electron chi connectivity index (χ3n) is 2.86. The summed E-state index contributed by atoms with van der Waals surface area (Å²) in [6.45, 7) is 5.21. The van der Waals surface area contributed by atoms with Crippen LogP contribution in [0.2, 0.25) is 0 Å². The maximum Gasteiger partial charge on any atom is 0.408 e. The van der Waals surface area contributed by atoms with Gasteiger partial charge in [0.05, 0.1) is 0 Å². The SMILES string of the molecule is Cc1ncc([N+](=O)[O-])n1CCOC(=O)N[C@@H](NC(C)C)C(Cl)(Cl)Cl. The highest BCUT2D eigenvalue weighted by Gasteiger charge is 2.34. The van der Waals surface area contributed by atoms with Gasteiger partial charge in [-0.3, -0.25) is 5.32 Å². The molecule has 0 spiro atoms. The van der Waals surface area contributed by atoms with Crippen LogP contribution < -0.4 is 10.6 Å². The molecule has 12 heteroatoms. The van der Waals surface area contributed by atoms with Crippen LogP contribution in [0.4, 0.5) is 10.6 Å². The van der Waals surface area contributed by atoms with Crippen LogP contribution >= 0.6 is 34.8 Å². The van der Waals surface area contributed by atoms with E-state index < -0.39 is 21.0 Å². The predicted molar refractivity (Wildman–Crippen MR) is 90.5 cm³/mol. The van der Waals surface area contributed by atoms with Crippen molar-refractivity contribution in [2.45, 2.75) is 43.3 Å². The lowest BCUT2D eigenvalue weighted by atomic mass is 10.3. The van der Waals surface area contributed by atoms with E-state index in [2.05, 4.69) is 15.6 Å². The summed E-state index contributed by atoms with van der Waals surface area (Å²) in [6, 6.07) is -0.0535. The van der Waals surface area contributed by atoms with Crippen LogP contribution in [-0.4, -0.2) is 43.2 Å². The molecule has 1 atom stereocenters. The highest BCUT2D eigenvalue weighted by molar-refractivity contribution is 6.68. The number of aryl methyl sites for hydroxylation is 1. The number of hydrogen-bond donors (Lipinski definition) is 2. The number of aromatic nitrogens is 2. The molecule has 0 unspecified atom stereocenters. The summed E-state index contributed by atoms with van der Waals surface area (Å²) in [7, 11) is 0. The van der Waals surface area contributed by atoms with E-state index in [4.69, 9.17) is 39.5 Å². The minimum absolute atomic E-state index is 0.0535. The molecule has 9 nitrogen and oxygen atoms in total. The number of carbonyl (C=O) groups is 1. The van der Waals surface area contributed by atoms with E-state index >= 15 is 0 Å². The van der Waals surface area contributed by atoms with E-state index in [-0.39, 0.29) is 25.0 Å². The van der Waals surface area contributed by atoms with Gasteiger partial charge in [0.15, 0.2) is 5.82 Å². The Morgan fingerprint density at radius 3 is 2.62 bits per heavy atom. The van der Waals surface area contributed by atoms with Gasteiger partial charge >= 0.3 is 11.9 Å². The lowest BCUT2D eigenvalue weighted by Gasteiger charge is -2.27. The van der Waals surface area contributed by atoms with Gasteiger partial charge in [0.2, 0.25) is 3.79 Å². The number of imidazole rings is 1. The molecule has 0 fully saturated rings. The van der Waals surface area contributed by atoms with Crippen LogP contribution in [-0.2, 0) is 11.3 Å². The van der Waals surface area contributed by atoms with Crippen molar-refractivity contribution in [1.29, 1.82) is 0 Å². The number of rotatable bonds is 7. The molecular formula is C12H18Cl3N5O4. The topological polar surface area (TPSA) is 111 Å². The van der Waals surface area contributed by atoms with Crippen LogP contribution in [0.25, 0.3) is 0 Å². The van der Waals surface area contributed by atoms with E-state index in [1.54, 1.807) is 6.92 Å². The summed E-state index contributed by atoms with van der Waals surface area (Å²) < 4.78 is 4.53. The first-order valence-corrected chi connectivity index (χ1v) is 8.08. The third-order valence-corrected chi connectivity index (χ3v) is 3.51. The van der Waals surface area contributed by atoms with Crippen LogP contribution in [0.5, 0.6) is 0 Å². The average molecular weight is 403 g/mol. The van der Waals surface area contributed by atoms with Crippen molar-refractivity contribution >= 4 is 46.7 Å². The van der Waals surface area contributed by atoms with Gasteiger partial charge in [0.25, 0.3) is 0 Å². The van der Waals surface area contributed by atoms with Crippen LogP contribution in [0.15, 0.2) is 6.20 Å². The Kier molecular flexibility index (Phi) is 7.53. The molecule has 24 heavy (non-hydrogen) atoms. The molecule has 2 N–H and O–H groups in total. The van der Waals surface area contributed by atoms with Crippen molar-refractivity contribution < 1.29 is 14.5 Å². The zero-order chi connectivity index (χ0) is 18.5. The van der Waals surface area contributed by atoms with Crippen LogP contribution in [0.3, 0.4) is 0 Å². The fourth-order valence-corrected chi connectivity index (χ4v) is 2.17. The van der Waals surface area contributed by atoms with Crippen molar-refractivity contribution in [2.75, 3.05) is 6.61 Å². The molecule has 1 heterocycles. The second kappa shape index (κ2) is 8.70. The number of halogens is 3. The molecule has 1 aromatic rings. The quantitative estimate of drug-likeness (QED) is 0.314. The second-order valence-electron chi connectivity index (χ2n) is 5.15. The normalized spacial score (nSPS) is 13.0. The molecule has 1 aromatic heterocycles. The standard InChI is InChI=1S/C12H18Cl3N5O4/c1-7(2)17-10(12(13,14)15)18-11(21)24-5-4-19-8(3)16-6-9(19)20(22)23/h6-7,10,17H,4-5H2,1-3H3,(H,18,21)/t10-/m1/s1. The van der Waals surface area contributed by atoms with Crippen molar-refractivity contribution in [2.24, 2.45) is 0 Å². The Labute approximate surface area is 153 Å².